The van der Waals surface area contributed by atoms with Gasteiger partial charge < -0.3 is 10.0 Å². The van der Waals surface area contributed by atoms with Gasteiger partial charge in [-0.2, -0.15) is 13.2 Å². The van der Waals surface area contributed by atoms with Crippen LogP contribution in [0.1, 0.15) is 51.9 Å². The molecule has 0 radical (unpaired) electrons. The molecule has 118 valence electrons. The summed E-state index contributed by atoms with van der Waals surface area (Å²) in [5, 5.41) is 9.21. The summed E-state index contributed by atoms with van der Waals surface area (Å²) in [5.74, 6) is -0.750. The second kappa shape index (κ2) is 7.86. The van der Waals surface area contributed by atoms with Gasteiger partial charge in [-0.05, 0) is 25.2 Å². The van der Waals surface area contributed by atoms with Crippen molar-refractivity contribution in [2.24, 2.45) is 5.92 Å². The topological polar surface area (TPSA) is 40.5 Å². The Labute approximate surface area is 118 Å². The lowest BCUT2D eigenvalue weighted by Gasteiger charge is -2.34. The van der Waals surface area contributed by atoms with Gasteiger partial charge in [0.1, 0.15) is 0 Å². The van der Waals surface area contributed by atoms with Crippen LogP contribution in [0.15, 0.2) is 0 Å². The van der Waals surface area contributed by atoms with Gasteiger partial charge >= 0.3 is 6.18 Å². The molecule has 1 aliphatic heterocycles. The molecule has 1 heterocycles. The summed E-state index contributed by atoms with van der Waals surface area (Å²) in [6.45, 7) is 2.74. The van der Waals surface area contributed by atoms with Crippen molar-refractivity contribution in [3.8, 4) is 0 Å². The van der Waals surface area contributed by atoms with Crippen LogP contribution in [-0.2, 0) is 4.79 Å². The molecule has 0 aliphatic carbocycles. The van der Waals surface area contributed by atoms with E-state index in [4.69, 9.17) is 0 Å². The van der Waals surface area contributed by atoms with Gasteiger partial charge in [-0.15, -0.1) is 0 Å². The average Bonchev–Trinajstić information content (AvgIpc) is 2.41. The highest BCUT2D eigenvalue weighted by Gasteiger charge is 2.44. The van der Waals surface area contributed by atoms with Crippen LogP contribution < -0.4 is 0 Å². The lowest BCUT2D eigenvalue weighted by atomic mass is 9.90. The highest BCUT2D eigenvalue weighted by Crippen LogP contribution is 2.31. The number of nitrogens with zero attached hydrogens (tertiary/aromatic N) is 1. The fourth-order valence-corrected chi connectivity index (χ4v) is 2.59. The van der Waals surface area contributed by atoms with E-state index in [0.717, 1.165) is 25.7 Å². The lowest BCUT2D eigenvalue weighted by Crippen LogP contribution is -2.45. The number of piperidine rings is 1. The van der Waals surface area contributed by atoms with Gasteiger partial charge in [-0.3, -0.25) is 4.79 Å². The highest BCUT2D eigenvalue weighted by atomic mass is 19.4. The molecule has 0 bridgehead atoms. The summed E-state index contributed by atoms with van der Waals surface area (Å²) in [6, 6.07) is 0. The molecule has 1 N–H and O–H groups in total. The Kier molecular flexibility index (Phi) is 6.79. The Balaban J connectivity index is 2.29. The molecule has 1 amide bonds. The van der Waals surface area contributed by atoms with Crippen LogP contribution in [0.4, 0.5) is 13.2 Å². The minimum Gasteiger partial charge on any atom is -0.383 e. The standard InChI is InChI=1S/C14H24F3NO2/c1-2-3-4-5-6-12(19)18-9-7-11(8-10-18)13(20)14(15,16)17/h11,13,20H,2-10H2,1H3. The minimum absolute atomic E-state index is 0.0288. The van der Waals surface area contributed by atoms with E-state index in [1.165, 1.54) is 0 Å². The van der Waals surface area contributed by atoms with Gasteiger partial charge in [0.15, 0.2) is 6.10 Å². The predicted octanol–water partition coefficient (Wildman–Crippen LogP) is 3.12. The van der Waals surface area contributed by atoms with E-state index in [1.54, 1.807) is 4.90 Å². The van der Waals surface area contributed by atoms with E-state index in [2.05, 4.69) is 6.92 Å². The van der Waals surface area contributed by atoms with Crippen molar-refractivity contribution in [2.75, 3.05) is 13.1 Å². The molecule has 1 saturated heterocycles. The van der Waals surface area contributed by atoms with Gasteiger partial charge in [0.25, 0.3) is 0 Å². The van der Waals surface area contributed by atoms with Crippen LogP contribution >= 0.6 is 0 Å². The van der Waals surface area contributed by atoms with Gasteiger partial charge in [-0.25, -0.2) is 0 Å². The molecule has 1 fully saturated rings. The first-order valence-electron chi connectivity index (χ1n) is 7.38. The van der Waals surface area contributed by atoms with E-state index < -0.39 is 18.2 Å². The number of amides is 1. The van der Waals surface area contributed by atoms with Crippen molar-refractivity contribution in [3.05, 3.63) is 0 Å². The number of unbranched alkanes of at least 4 members (excludes halogenated alkanes) is 3. The third-order valence-corrected chi connectivity index (χ3v) is 3.92. The Morgan fingerprint density at radius 3 is 2.35 bits per heavy atom. The number of hydrogen-bond acceptors (Lipinski definition) is 2. The molecule has 20 heavy (non-hydrogen) atoms. The lowest BCUT2D eigenvalue weighted by molar-refractivity contribution is -0.222. The van der Waals surface area contributed by atoms with Crippen LogP contribution in [0.5, 0.6) is 0 Å². The van der Waals surface area contributed by atoms with Gasteiger partial charge in [-0.1, -0.05) is 26.2 Å². The summed E-state index contributed by atoms with van der Waals surface area (Å²) in [7, 11) is 0. The molecule has 1 aliphatic rings. The fraction of sp³-hybridized carbons (Fsp3) is 0.929. The number of hydrogen-bond donors (Lipinski definition) is 1. The first-order valence-corrected chi connectivity index (χ1v) is 7.38. The van der Waals surface area contributed by atoms with Gasteiger partial charge in [0.2, 0.25) is 5.91 Å². The Hall–Kier alpha value is -0.780. The maximum Gasteiger partial charge on any atom is 0.414 e. The molecule has 1 unspecified atom stereocenters. The maximum absolute atomic E-state index is 12.4. The molecule has 3 nitrogen and oxygen atoms in total. The number of aliphatic hydroxyl groups is 1. The monoisotopic (exact) mass is 295 g/mol. The van der Waals surface area contributed by atoms with Crippen molar-refractivity contribution in [2.45, 2.75) is 64.1 Å². The van der Waals surface area contributed by atoms with Crippen LogP contribution in [0, 0.1) is 5.92 Å². The molecule has 0 aromatic heterocycles. The van der Waals surface area contributed by atoms with Crippen LogP contribution in [0.3, 0.4) is 0 Å². The fourth-order valence-electron chi connectivity index (χ4n) is 2.59. The van der Waals surface area contributed by atoms with E-state index >= 15 is 0 Å². The smallest absolute Gasteiger partial charge is 0.383 e. The number of alkyl halides is 3. The second-order valence-electron chi connectivity index (χ2n) is 5.52. The first-order chi connectivity index (χ1) is 9.36. The largest absolute Gasteiger partial charge is 0.414 e. The Morgan fingerprint density at radius 2 is 1.85 bits per heavy atom. The summed E-state index contributed by atoms with van der Waals surface area (Å²) in [4.78, 5) is 13.5. The first kappa shape index (κ1) is 17.3. The second-order valence-corrected chi connectivity index (χ2v) is 5.52. The van der Waals surface area contributed by atoms with Gasteiger partial charge in [0.05, 0.1) is 0 Å². The Morgan fingerprint density at radius 1 is 1.25 bits per heavy atom. The van der Waals surface area contributed by atoms with E-state index in [9.17, 15) is 23.1 Å². The number of carbonyl (C=O) groups excluding carboxylic acids is 1. The molecule has 1 rings (SSSR count). The summed E-state index contributed by atoms with van der Waals surface area (Å²) < 4.78 is 37.2. The van der Waals surface area contributed by atoms with Crippen molar-refractivity contribution >= 4 is 5.91 Å². The molecular formula is C14H24F3NO2. The summed E-state index contributed by atoms with van der Waals surface area (Å²) in [5.41, 5.74) is 0. The number of aliphatic hydroxyl groups excluding tert-OH is 1. The van der Waals surface area contributed by atoms with E-state index in [1.807, 2.05) is 0 Å². The van der Waals surface area contributed by atoms with Gasteiger partial charge in [0, 0.05) is 19.5 Å². The van der Waals surface area contributed by atoms with Crippen molar-refractivity contribution in [1.82, 2.24) is 4.90 Å². The molecule has 0 spiro atoms. The molecule has 1 atom stereocenters. The average molecular weight is 295 g/mol. The summed E-state index contributed by atoms with van der Waals surface area (Å²) in [6.07, 6.45) is -1.82. The van der Waals surface area contributed by atoms with E-state index in [0.29, 0.717) is 19.5 Å². The minimum atomic E-state index is -4.56. The molecule has 0 aromatic carbocycles. The van der Waals surface area contributed by atoms with Crippen LogP contribution in [-0.4, -0.2) is 41.3 Å². The molecular weight excluding hydrogens is 271 g/mol. The summed E-state index contributed by atoms with van der Waals surface area (Å²) >= 11 is 0. The van der Waals surface area contributed by atoms with E-state index in [-0.39, 0.29) is 18.7 Å². The molecule has 0 aromatic rings. The molecule has 0 saturated carbocycles. The zero-order valence-corrected chi connectivity index (χ0v) is 12.0. The number of carbonyl (C=O) groups is 1. The van der Waals surface area contributed by atoms with Crippen molar-refractivity contribution < 1.29 is 23.1 Å². The quantitative estimate of drug-likeness (QED) is 0.765. The third-order valence-electron chi connectivity index (χ3n) is 3.92. The SMILES string of the molecule is CCCCCCC(=O)N1CCC(C(O)C(F)(F)F)CC1. The number of halogens is 3. The van der Waals surface area contributed by atoms with Crippen LogP contribution in [0.25, 0.3) is 0 Å². The normalized spacial score (nSPS) is 19.1. The number of rotatable bonds is 6. The van der Waals surface area contributed by atoms with Crippen molar-refractivity contribution in [1.29, 1.82) is 0 Å². The zero-order chi connectivity index (χ0) is 15.2. The Bertz CT molecular complexity index is 299. The van der Waals surface area contributed by atoms with Crippen LogP contribution in [0.2, 0.25) is 0 Å². The third kappa shape index (κ3) is 5.31. The highest BCUT2D eigenvalue weighted by molar-refractivity contribution is 5.76. The molecule has 6 heteroatoms. The number of likely N-dealkylation sites (tertiary alicyclic amines) is 1. The van der Waals surface area contributed by atoms with Crippen molar-refractivity contribution in [3.63, 3.8) is 0 Å². The maximum atomic E-state index is 12.4. The predicted molar refractivity (Wildman–Crippen MR) is 70.1 cm³/mol. The zero-order valence-electron chi connectivity index (χ0n) is 12.0.